The lowest BCUT2D eigenvalue weighted by Crippen LogP contribution is -2.05. The Labute approximate surface area is 214 Å². The van der Waals surface area contributed by atoms with Gasteiger partial charge in [-0.15, -0.1) is 11.3 Å². The maximum Gasteiger partial charge on any atom is 0.308 e. The average Bonchev–Trinajstić information content (AvgIpc) is 3.42. The van der Waals surface area contributed by atoms with Gasteiger partial charge in [0.15, 0.2) is 0 Å². The Hall–Kier alpha value is -3.51. The summed E-state index contributed by atoms with van der Waals surface area (Å²) in [6, 6.07) is 16.8. The predicted molar refractivity (Wildman–Crippen MR) is 147 cm³/mol. The number of carbonyl (C=O) groups excluding carboxylic acids is 1. The molecule has 6 heteroatoms. The number of thiazole rings is 1. The van der Waals surface area contributed by atoms with E-state index < -0.39 is 0 Å². The van der Waals surface area contributed by atoms with Crippen LogP contribution in [0.1, 0.15) is 61.2 Å². The van der Waals surface area contributed by atoms with Gasteiger partial charge in [0, 0.05) is 35.0 Å². The largest absolute Gasteiger partial charge is 0.427 e. The van der Waals surface area contributed by atoms with Gasteiger partial charge in [-0.2, -0.15) is 0 Å². The molecule has 0 radical (unpaired) electrons. The predicted octanol–water partition coefficient (Wildman–Crippen LogP) is 8.10. The monoisotopic (exact) mass is 495 g/mol. The highest BCUT2D eigenvalue weighted by Crippen LogP contribution is 2.43. The molecule has 0 aliphatic heterocycles. The van der Waals surface area contributed by atoms with Crippen LogP contribution in [0.2, 0.25) is 0 Å². The quantitative estimate of drug-likeness (QED) is 0.202. The lowest BCUT2D eigenvalue weighted by Gasteiger charge is -2.23. The molecule has 5 aromatic rings. The van der Waals surface area contributed by atoms with Crippen LogP contribution < -0.4 is 4.74 Å². The highest BCUT2D eigenvalue weighted by atomic mass is 32.1. The van der Waals surface area contributed by atoms with E-state index in [0.717, 1.165) is 48.9 Å². The van der Waals surface area contributed by atoms with E-state index in [1.165, 1.54) is 50.0 Å². The fourth-order valence-electron chi connectivity index (χ4n) is 5.65. The summed E-state index contributed by atoms with van der Waals surface area (Å²) in [5, 5.41) is 3.40. The summed E-state index contributed by atoms with van der Waals surface area (Å²) in [5.74, 6) is 0.788. The van der Waals surface area contributed by atoms with E-state index in [2.05, 4.69) is 46.4 Å². The van der Waals surface area contributed by atoms with Crippen LogP contribution in [0.4, 0.5) is 0 Å². The van der Waals surface area contributed by atoms with Crippen molar-refractivity contribution in [2.75, 3.05) is 0 Å². The summed E-state index contributed by atoms with van der Waals surface area (Å²) < 4.78 is 5.37. The van der Waals surface area contributed by atoms with Gasteiger partial charge in [-0.3, -0.25) is 4.79 Å². The number of rotatable bonds is 4. The molecule has 36 heavy (non-hydrogen) atoms. The lowest BCUT2D eigenvalue weighted by molar-refractivity contribution is -0.131. The molecule has 3 heterocycles. The molecule has 5 nitrogen and oxygen atoms in total. The van der Waals surface area contributed by atoms with Crippen molar-refractivity contribution in [3.05, 3.63) is 64.8 Å². The minimum absolute atomic E-state index is 0.307. The summed E-state index contributed by atoms with van der Waals surface area (Å²) in [6.07, 6.45) is 6.26. The highest BCUT2D eigenvalue weighted by Gasteiger charge is 2.24. The second-order valence-corrected chi connectivity index (χ2v) is 11.0. The van der Waals surface area contributed by atoms with Gasteiger partial charge in [0.1, 0.15) is 5.75 Å². The Balaban J connectivity index is 1.46. The first-order chi connectivity index (χ1) is 17.5. The Kier molecular flexibility index (Phi) is 5.84. The van der Waals surface area contributed by atoms with Crippen LogP contribution in [0.5, 0.6) is 5.75 Å². The number of H-pyrrole nitrogens is 1. The molecule has 1 aliphatic carbocycles. The molecule has 0 unspecified atom stereocenters. The second-order valence-electron chi connectivity index (χ2n) is 9.80. The molecule has 0 amide bonds. The van der Waals surface area contributed by atoms with Crippen LogP contribution in [0.15, 0.2) is 48.5 Å². The third-order valence-corrected chi connectivity index (χ3v) is 8.29. The van der Waals surface area contributed by atoms with Crippen LogP contribution in [-0.2, 0) is 4.79 Å². The minimum Gasteiger partial charge on any atom is -0.427 e. The molecular formula is C30H29N3O2S. The summed E-state index contributed by atoms with van der Waals surface area (Å²) >= 11 is 1.69. The van der Waals surface area contributed by atoms with Crippen molar-refractivity contribution in [2.45, 2.75) is 58.8 Å². The fourth-order valence-corrected chi connectivity index (χ4v) is 6.54. The van der Waals surface area contributed by atoms with Gasteiger partial charge in [0.2, 0.25) is 0 Å². The third kappa shape index (κ3) is 4.20. The molecule has 2 aromatic carbocycles. The zero-order valence-corrected chi connectivity index (χ0v) is 21.7. The van der Waals surface area contributed by atoms with E-state index in [9.17, 15) is 4.79 Å². The molecule has 0 saturated heterocycles. The number of aromatic nitrogens is 3. The minimum atomic E-state index is -0.307. The van der Waals surface area contributed by atoms with Gasteiger partial charge in [0.05, 0.1) is 26.8 Å². The topological polar surface area (TPSA) is 67.9 Å². The maximum atomic E-state index is 11.5. The van der Waals surface area contributed by atoms with Crippen molar-refractivity contribution in [1.82, 2.24) is 15.0 Å². The number of pyridine rings is 1. The number of esters is 1. The number of carbonyl (C=O) groups is 1. The fraction of sp³-hybridized carbons (Fsp3) is 0.300. The van der Waals surface area contributed by atoms with Crippen LogP contribution >= 0.6 is 11.3 Å². The van der Waals surface area contributed by atoms with E-state index in [1.807, 2.05) is 26.0 Å². The number of nitrogens with zero attached hydrogens (tertiary/aromatic N) is 2. The van der Waals surface area contributed by atoms with Crippen molar-refractivity contribution < 1.29 is 9.53 Å². The summed E-state index contributed by atoms with van der Waals surface area (Å²) in [6.45, 7) is 5.51. The zero-order chi connectivity index (χ0) is 24.8. The Morgan fingerprint density at radius 1 is 1.00 bits per heavy atom. The number of hydrogen-bond acceptors (Lipinski definition) is 5. The third-order valence-electron chi connectivity index (χ3n) is 7.20. The lowest BCUT2D eigenvalue weighted by atomic mass is 9.82. The van der Waals surface area contributed by atoms with Crippen molar-refractivity contribution in [3.8, 4) is 27.6 Å². The normalized spacial score (nSPS) is 14.5. The molecule has 1 fully saturated rings. The number of nitrogens with one attached hydrogen (secondary N) is 1. The van der Waals surface area contributed by atoms with Gasteiger partial charge < -0.3 is 9.72 Å². The van der Waals surface area contributed by atoms with Gasteiger partial charge in [0.25, 0.3) is 0 Å². The number of aryl methyl sites for hydroxylation is 2. The van der Waals surface area contributed by atoms with Crippen molar-refractivity contribution >= 4 is 39.1 Å². The maximum absolute atomic E-state index is 11.5. The molecule has 0 bridgehead atoms. The standard InChI is InChI=1S/C30H29N3O2S/c1-17-30(36-18(2)31-17)26-14-9-21-15-22(10-13-25(21)32-26)29-28(20-7-5-4-6-8-20)24-12-11-23(35-19(3)34)16-27(24)33-29/h9-16,20,33H,4-8H2,1-3H3. The summed E-state index contributed by atoms with van der Waals surface area (Å²) in [4.78, 5) is 25.9. The number of ether oxygens (including phenoxy) is 1. The Bertz CT molecular complexity index is 1610. The molecule has 0 atom stereocenters. The van der Waals surface area contributed by atoms with E-state index in [-0.39, 0.29) is 5.97 Å². The van der Waals surface area contributed by atoms with Gasteiger partial charge >= 0.3 is 5.97 Å². The summed E-state index contributed by atoms with van der Waals surface area (Å²) in [7, 11) is 0. The van der Waals surface area contributed by atoms with Crippen molar-refractivity contribution in [3.63, 3.8) is 0 Å². The molecule has 3 aromatic heterocycles. The Morgan fingerprint density at radius 3 is 2.58 bits per heavy atom. The van der Waals surface area contributed by atoms with Crippen LogP contribution in [-0.4, -0.2) is 20.9 Å². The number of aromatic amines is 1. The smallest absolute Gasteiger partial charge is 0.308 e. The first kappa shape index (κ1) is 22.9. The number of fused-ring (bicyclic) bond motifs is 2. The van der Waals surface area contributed by atoms with Gasteiger partial charge in [-0.25, -0.2) is 9.97 Å². The van der Waals surface area contributed by atoms with Gasteiger partial charge in [-0.1, -0.05) is 31.4 Å². The average molecular weight is 496 g/mol. The highest BCUT2D eigenvalue weighted by molar-refractivity contribution is 7.15. The van der Waals surface area contributed by atoms with Crippen LogP contribution in [0.3, 0.4) is 0 Å². The van der Waals surface area contributed by atoms with Crippen molar-refractivity contribution in [1.29, 1.82) is 0 Å². The first-order valence-electron chi connectivity index (χ1n) is 12.7. The van der Waals surface area contributed by atoms with E-state index in [1.54, 1.807) is 11.3 Å². The summed E-state index contributed by atoms with van der Waals surface area (Å²) in [5.41, 5.74) is 7.71. The van der Waals surface area contributed by atoms with Crippen LogP contribution in [0, 0.1) is 13.8 Å². The van der Waals surface area contributed by atoms with Gasteiger partial charge in [-0.05, 0) is 74.1 Å². The number of benzene rings is 2. The Morgan fingerprint density at radius 2 is 1.83 bits per heavy atom. The SMILES string of the molecule is CC(=O)Oc1ccc2c(C3CCCCC3)c(-c3ccc4nc(-c5sc(C)nc5C)ccc4c3)[nH]c2c1. The van der Waals surface area contributed by atoms with E-state index >= 15 is 0 Å². The molecular weight excluding hydrogens is 466 g/mol. The second kappa shape index (κ2) is 9.17. The first-order valence-corrected chi connectivity index (χ1v) is 13.5. The molecule has 182 valence electrons. The van der Waals surface area contributed by atoms with E-state index in [0.29, 0.717) is 11.7 Å². The number of hydrogen-bond donors (Lipinski definition) is 1. The molecule has 1 saturated carbocycles. The molecule has 1 N–H and O–H groups in total. The molecule has 6 rings (SSSR count). The molecule has 1 aliphatic rings. The molecule has 0 spiro atoms. The van der Waals surface area contributed by atoms with Crippen molar-refractivity contribution in [2.24, 2.45) is 0 Å². The van der Waals surface area contributed by atoms with Crippen LogP contribution in [0.25, 0.3) is 43.6 Å². The zero-order valence-electron chi connectivity index (χ0n) is 20.9. The van der Waals surface area contributed by atoms with E-state index in [4.69, 9.17) is 9.72 Å².